The molecule has 0 atom stereocenters. The van der Waals surface area contributed by atoms with Crippen molar-refractivity contribution < 1.29 is 23.1 Å². The predicted molar refractivity (Wildman–Crippen MR) is 129 cm³/mol. The fraction of sp³-hybridized carbons (Fsp3) is 0.130. The minimum atomic E-state index is -3.65. The van der Waals surface area contributed by atoms with Crippen molar-refractivity contribution in [2.24, 2.45) is 0 Å². The summed E-state index contributed by atoms with van der Waals surface area (Å²) in [4.78, 5) is 23.4. The molecule has 0 heterocycles. The van der Waals surface area contributed by atoms with Crippen LogP contribution >= 0.6 is 23.2 Å². The Labute approximate surface area is 201 Å². The maximum Gasteiger partial charge on any atom is 0.335 e. The number of hydrogen-bond acceptors (Lipinski definition) is 4. The molecule has 0 bridgehead atoms. The third-order valence-corrected chi connectivity index (χ3v) is 6.82. The molecule has 0 saturated heterocycles. The van der Waals surface area contributed by atoms with Gasteiger partial charge >= 0.3 is 5.97 Å². The van der Waals surface area contributed by atoms with E-state index < -0.39 is 16.0 Å². The number of hydrogen-bond donors (Lipinski definition) is 2. The molecule has 0 aliphatic heterocycles. The number of nitrogens with one attached hydrogen (secondary N) is 1. The smallest absolute Gasteiger partial charge is 0.335 e. The van der Waals surface area contributed by atoms with Crippen LogP contribution in [0, 0.1) is 0 Å². The van der Waals surface area contributed by atoms with Gasteiger partial charge < -0.3 is 10.4 Å². The van der Waals surface area contributed by atoms with Crippen molar-refractivity contribution in [3.8, 4) is 0 Å². The molecule has 172 valence electrons. The maximum absolute atomic E-state index is 12.5. The Hall–Kier alpha value is -3.07. The van der Waals surface area contributed by atoms with Gasteiger partial charge in [0.25, 0.3) is 5.91 Å². The highest BCUT2D eigenvalue weighted by atomic mass is 35.5. The summed E-state index contributed by atoms with van der Waals surface area (Å²) in [5.41, 5.74) is 2.16. The molecule has 3 aromatic carbocycles. The van der Waals surface area contributed by atoms with Crippen LogP contribution in [0.2, 0.25) is 10.0 Å². The molecule has 0 fully saturated rings. The second-order valence-corrected chi connectivity index (χ2v) is 9.91. The molecule has 33 heavy (non-hydrogen) atoms. The highest BCUT2D eigenvalue weighted by Gasteiger charge is 2.20. The van der Waals surface area contributed by atoms with Gasteiger partial charge in [-0.1, -0.05) is 47.5 Å². The lowest BCUT2D eigenvalue weighted by Crippen LogP contribution is -2.29. The van der Waals surface area contributed by atoms with E-state index in [0.29, 0.717) is 21.8 Å². The number of carboxylic acid groups (broad SMARTS) is 1. The van der Waals surface area contributed by atoms with Crippen LogP contribution in [0.1, 0.15) is 31.8 Å². The van der Waals surface area contributed by atoms with E-state index in [1.54, 1.807) is 30.3 Å². The van der Waals surface area contributed by atoms with Crippen LogP contribution in [0.15, 0.2) is 66.7 Å². The van der Waals surface area contributed by atoms with E-state index in [1.165, 1.54) is 40.7 Å². The molecule has 0 aliphatic rings. The van der Waals surface area contributed by atoms with Crippen LogP contribution in [0.3, 0.4) is 0 Å². The van der Waals surface area contributed by atoms with E-state index in [1.807, 2.05) is 0 Å². The van der Waals surface area contributed by atoms with Crippen LogP contribution < -0.4 is 9.62 Å². The van der Waals surface area contributed by atoms with Crippen molar-refractivity contribution in [1.82, 2.24) is 5.32 Å². The summed E-state index contributed by atoms with van der Waals surface area (Å²) in [6.07, 6.45) is 1.09. The standard InChI is InChI=1S/C23H20Cl2N2O5S/c1-33(31,32)27(14-18-3-2-4-20(24)21(18)25)19-11-9-16(10-12-19)22(28)26-13-15-5-7-17(8-6-15)23(29)30/h2-12H,13-14H2,1H3,(H,26,28)(H,29,30). The van der Waals surface area contributed by atoms with E-state index in [2.05, 4.69) is 5.32 Å². The van der Waals surface area contributed by atoms with Gasteiger partial charge in [0.05, 0.1) is 34.1 Å². The fourth-order valence-electron chi connectivity index (χ4n) is 3.05. The van der Waals surface area contributed by atoms with Gasteiger partial charge in [-0.25, -0.2) is 13.2 Å². The largest absolute Gasteiger partial charge is 0.478 e. The normalized spacial score (nSPS) is 11.1. The van der Waals surface area contributed by atoms with Crippen molar-refractivity contribution in [2.45, 2.75) is 13.1 Å². The van der Waals surface area contributed by atoms with Gasteiger partial charge in [0.15, 0.2) is 0 Å². The Morgan fingerprint density at radius 1 is 0.939 bits per heavy atom. The number of carbonyl (C=O) groups excluding carboxylic acids is 1. The van der Waals surface area contributed by atoms with Crippen LogP contribution in [0.5, 0.6) is 0 Å². The van der Waals surface area contributed by atoms with E-state index in [-0.39, 0.29) is 29.6 Å². The maximum atomic E-state index is 12.5. The number of nitrogens with zero attached hydrogens (tertiary/aromatic N) is 1. The summed E-state index contributed by atoms with van der Waals surface area (Å²) in [5, 5.41) is 12.3. The van der Waals surface area contributed by atoms with Gasteiger partial charge in [-0.3, -0.25) is 9.10 Å². The Morgan fingerprint density at radius 3 is 2.12 bits per heavy atom. The Balaban J connectivity index is 1.72. The van der Waals surface area contributed by atoms with E-state index in [0.717, 1.165) is 11.8 Å². The SMILES string of the molecule is CS(=O)(=O)N(Cc1cccc(Cl)c1Cl)c1ccc(C(=O)NCc2ccc(C(=O)O)cc2)cc1. The molecule has 0 radical (unpaired) electrons. The van der Waals surface area contributed by atoms with Crippen molar-refractivity contribution in [3.63, 3.8) is 0 Å². The van der Waals surface area contributed by atoms with Crippen molar-refractivity contribution in [3.05, 3.63) is 99.0 Å². The molecule has 0 unspecified atom stereocenters. The van der Waals surface area contributed by atoms with Gasteiger partial charge in [-0.15, -0.1) is 0 Å². The first-order chi connectivity index (χ1) is 15.6. The highest BCUT2D eigenvalue weighted by molar-refractivity contribution is 7.92. The Kier molecular flexibility index (Phi) is 7.63. The van der Waals surface area contributed by atoms with Gasteiger partial charge in [-0.2, -0.15) is 0 Å². The predicted octanol–water partition coefficient (Wildman–Crippen LogP) is 4.59. The van der Waals surface area contributed by atoms with Crippen molar-refractivity contribution >= 4 is 50.8 Å². The number of amides is 1. The molecule has 0 spiro atoms. The molecular formula is C23H20Cl2N2O5S. The van der Waals surface area contributed by atoms with Gasteiger partial charge in [0, 0.05) is 12.1 Å². The number of anilines is 1. The fourth-order valence-corrected chi connectivity index (χ4v) is 4.31. The molecular weight excluding hydrogens is 487 g/mol. The zero-order valence-electron chi connectivity index (χ0n) is 17.5. The number of benzene rings is 3. The number of carboxylic acids is 1. The van der Waals surface area contributed by atoms with E-state index in [9.17, 15) is 18.0 Å². The third kappa shape index (κ3) is 6.25. The summed E-state index contributed by atoms with van der Waals surface area (Å²) in [6.45, 7) is 0.194. The number of sulfonamides is 1. The van der Waals surface area contributed by atoms with Crippen LogP contribution in [-0.2, 0) is 23.1 Å². The minimum absolute atomic E-state index is 0.0178. The van der Waals surface area contributed by atoms with E-state index in [4.69, 9.17) is 28.3 Å². The molecule has 7 nitrogen and oxygen atoms in total. The number of halogens is 2. The zero-order chi connectivity index (χ0) is 24.2. The van der Waals surface area contributed by atoms with Crippen LogP contribution in [-0.4, -0.2) is 31.7 Å². The number of carbonyl (C=O) groups is 2. The quantitative estimate of drug-likeness (QED) is 0.464. The summed E-state index contributed by atoms with van der Waals surface area (Å²) in [7, 11) is -3.65. The average molecular weight is 507 g/mol. The third-order valence-electron chi connectivity index (χ3n) is 4.82. The van der Waals surface area contributed by atoms with Crippen LogP contribution in [0.25, 0.3) is 0 Å². The molecule has 2 N–H and O–H groups in total. The second kappa shape index (κ2) is 10.2. The van der Waals surface area contributed by atoms with Crippen molar-refractivity contribution in [1.29, 1.82) is 0 Å². The summed E-state index contributed by atoms with van der Waals surface area (Å²) in [6, 6.07) is 17.3. The summed E-state index contributed by atoms with van der Waals surface area (Å²) >= 11 is 12.3. The first-order valence-corrected chi connectivity index (χ1v) is 12.3. The first kappa shape index (κ1) is 24.6. The van der Waals surface area contributed by atoms with Gasteiger partial charge in [0.2, 0.25) is 10.0 Å². The van der Waals surface area contributed by atoms with E-state index >= 15 is 0 Å². The Morgan fingerprint density at radius 2 is 1.55 bits per heavy atom. The lowest BCUT2D eigenvalue weighted by molar-refractivity contribution is 0.0696. The monoisotopic (exact) mass is 506 g/mol. The lowest BCUT2D eigenvalue weighted by atomic mass is 10.1. The summed E-state index contributed by atoms with van der Waals surface area (Å²) in [5.74, 6) is -1.38. The topological polar surface area (TPSA) is 104 Å². The zero-order valence-corrected chi connectivity index (χ0v) is 19.8. The molecule has 0 aliphatic carbocycles. The summed E-state index contributed by atoms with van der Waals surface area (Å²) < 4.78 is 26.0. The van der Waals surface area contributed by atoms with Crippen molar-refractivity contribution in [2.75, 3.05) is 10.6 Å². The second-order valence-electron chi connectivity index (χ2n) is 7.21. The van der Waals surface area contributed by atoms with Crippen LogP contribution in [0.4, 0.5) is 5.69 Å². The highest BCUT2D eigenvalue weighted by Crippen LogP contribution is 2.29. The average Bonchev–Trinajstić information content (AvgIpc) is 2.78. The first-order valence-electron chi connectivity index (χ1n) is 9.67. The van der Waals surface area contributed by atoms with Gasteiger partial charge in [-0.05, 0) is 53.6 Å². The molecule has 10 heteroatoms. The molecule has 0 saturated carbocycles. The lowest BCUT2D eigenvalue weighted by Gasteiger charge is -2.23. The minimum Gasteiger partial charge on any atom is -0.478 e. The Bertz CT molecular complexity index is 1280. The molecule has 1 amide bonds. The molecule has 3 rings (SSSR count). The number of rotatable bonds is 8. The molecule has 3 aromatic rings. The number of aromatic carboxylic acids is 1. The van der Waals surface area contributed by atoms with Gasteiger partial charge in [0.1, 0.15) is 0 Å². The molecule has 0 aromatic heterocycles.